The van der Waals surface area contributed by atoms with Gasteiger partial charge in [-0.15, -0.1) is 0 Å². The molecular formula is C46H31NO. The number of anilines is 3. The molecule has 0 amide bonds. The summed E-state index contributed by atoms with van der Waals surface area (Å²) in [6.45, 7) is 0. The van der Waals surface area contributed by atoms with Crippen molar-refractivity contribution >= 4 is 49.8 Å². The van der Waals surface area contributed by atoms with E-state index in [4.69, 9.17) is 4.42 Å². The summed E-state index contributed by atoms with van der Waals surface area (Å²) in [5.74, 6) is 0. The predicted molar refractivity (Wildman–Crippen MR) is 202 cm³/mol. The van der Waals surface area contributed by atoms with Crippen molar-refractivity contribution in [2.75, 3.05) is 4.90 Å². The van der Waals surface area contributed by atoms with Crippen molar-refractivity contribution in [3.05, 3.63) is 188 Å². The van der Waals surface area contributed by atoms with E-state index in [1.165, 1.54) is 33.2 Å². The summed E-state index contributed by atoms with van der Waals surface area (Å²) in [5.41, 5.74) is 12.3. The van der Waals surface area contributed by atoms with E-state index in [2.05, 4.69) is 193 Å². The van der Waals surface area contributed by atoms with E-state index in [1.807, 2.05) is 0 Å². The number of rotatable bonds is 6. The van der Waals surface area contributed by atoms with Gasteiger partial charge < -0.3 is 9.32 Å². The molecule has 0 bridgehead atoms. The maximum Gasteiger partial charge on any atom is 0.143 e. The first kappa shape index (κ1) is 27.9. The van der Waals surface area contributed by atoms with E-state index < -0.39 is 0 Å². The normalized spacial score (nSPS) is 11.3. The zero-order valence-electron chi connectivity index (χ0n) is 26.3. The molecule has 9 aromatic rings. The molecule has 0 spiro atoms. The van der Waals surface area contributed by atoms with Gasteiger partial charge in [0.1, 0.15) is 11.2 Å². The van der Waals surface area contributed by atoms with Crippen LogP contribution in [0, 0.1) is 0 Å². The Morgan fingerprint density at radius 2 is 0.917 bits per heavy atom. The smallest absolute Gasteiger partial charge is 0.143 e. The van der Waals surface area contributed by atoms with Crippen molar-refractivity contribution in [3.63, 3.8) is 0 Å². The highest BCUT2D eigenvalue weighted by Gasteiger charge is 2.16. The van der Waals surface area contributed by atoms with Crippen LogP contribution in [-0.2, 0) is 0 Å². The Morgan fingerprint density at radius 1 is 0.354 bits per heavy atom. The van der Waals surface area contributed by atoms with Gasteiger partial charge in [0.2, 0.25) is 0 Å². The standard InChI is InChI=1S/C46H31NO/c1-3-11-32(12-4-1)36-14-9-15-37(31-36)33-21-26-39(27-22-33)47(38-16-5-2-6-17-38)40-28-23-35(24-29-40)41-19-10-20-44-45(41)43-30-25-34-13-7-8-18-42(34)46(43)48-44/h1-31H. The number of furan rings is 1. The molecule has 0 atom stereocenters. The third-order valence-corrected chi connectivity index (χ3v) is 9.27. The fraction of sp³-hybridized carbons (Fsp3) is 0. The summed E-state index contributed by atoms with van der Waals surface area (Å²) >= 11 is 0. The van der Waals surface area contributed by atoms with Gasteiger partial charge in [-0.2, -0.15) is 0 Å². The second-order valence-corrected chi connectivity index (χ2v) is 12.2. The highest BCUT2D eigenvalue weighted by atomic mass is 16.3. The topological polar surface area (TPSA) is 16.4 Å². The van der Waals surface area contributed by atoms with E-state index in [0.717, 1.165) is 50.0 Å². The lowest BCUT2D eigenvalue weighted by Crippen LogP contribution is -2.09. The molecule has 8 aromatic carbocycles. The molecule has 2 heteroatoms. The quantitative estimate of drug-likeness (QED) is 0.185. The maximum atomic E-state index is 6.47. The molecule has 0 aliphatic carbocycles. The number of para-hydroxylation sites is 1. The summed E-state index contributed by atoms with van der Waals surface area (Å²) in [6, 6.07) is 66.8. The van der Waals surface area contributed by atoms with Crippen LogP contribution in [0.2, 0.25) is 0 Å². The van der Waals surface area contributed by atoms with Gasteiger partial charge in [0.15, 0.2) is 0 Å². The van der Waals surface area contributed by atoms with Crippen LogP contribution < -0.4 is 4.90 Å². The molecule has 226 valence electrons. The summed E-state index contributed by atoms with van der Waals surface area (Å²) in [4.78, 5) is 2.31. The van der Waals surface area contributed by atoms with Crippen molar-refractivity contribution in [3.8, 4) is 33.4 Å². The van der Waals surface area contributed by atoms with E-state index in [9.17, 15) is 0 Å². The molecule has 1 aromatic heterocycles. The fourth-order valence-electron chi connectivity index (χ4n) is 6.92. The molecule has 0 aliphatic rings. The molecule has 0 saturated carbocycles. The van der Waals surface area contributed by atoms with Crippen LogP contribution in [-0.4, -0.2) is 0 Å². The van der Waals surface area contributed by atoms with Gasteiger partial charge in [-0.1, -0.05) is 133 Å². The number of nitrogens with zero attached hydrogens (tertiary/aromatic N) is 1. The molecule has 0 fully saturated rings. The van der Waals surface area contributed by atoms with Crippen LogP contribution in [0.1, 0.15) is 0 Å². The van der Waals surface area contributed by atoms with Gasteiger partial charge in [-0.25, -0.2) is 0 Å². The fourth-order valence-corrected chi connectivity index (χ4v) is 6.92. The molecule has 0 saturated heterocycles. The van der Waals surface area contributed by atoms with Crippen molar-refractivity contribution in [2.45, 2.75) is 0 Å². The second-order valence-electron chi connectivity index (χ2n) is 12.2. The summed E-state index contributed by atoms with van der Waals surface area (Å²) in [6.07, 6.45) is 0. The van der Waals surface area contributed by atoms with Crippen molar-refractivity contribution < 1.29 is 4.42 Å². The Balaban J connectivity index is 1.09. The first-order valence-electron chi connectivity index (χ1n) is 16.3. The van der Waals surface area contributed by atoms with Crippen molar-refractivity contribution in [2.24, 2.45) is 0 Å². The second kappa shape index (κ2) is 11.8. The molecule has 0 unspecified atom stereocenters. The third-order valence-electron chi connectivity index (χ3n) is 9.27. The van der Waals surface area contributed by atoms with E-state index in [1.54, 1.807) is 0 Å². The van der Waals surface area contributed by atoms with Crippen LogP contribution in [0.3, 0.4) is 0 Å². The molecule has 1 heterocycles. The molecule has 48 heavy (non-hydrogen) atoms. The minimum Gasteiger partial charge on any atom is -0.455 e. The van der Waals surface area contributed by atoms with Gasteiger partial charge in [0, 0.05) is 33.2 Å². The van der Waals surface area contributed by atoms with Gasteiger partial charge in [-0.3, -0.25) is 0 Å². The van der Waals surface area contributed by atoms with Crippen LogP contribution in [0.4, 0.5) is 17.1 Å². The minimum atomic E-state index is 0.906. The zero-order chi connectivity index (χ0) is 31.9. The number of hydrogen-bond donors (Lipinski definition) is 0. The highest BCUT2D eigenvalue weighted by Crippen LogP contribution is 2.41. The summed E-state index contributed by atoms with van der Waals surface area (Å²) in [7, 11) is 0. The van der Waals surface area contributed by atoms with Crippen LogP contribution in [0.15, 0.2) is 192 Å². The molecule has 9 rings (SSSR count). The monoisotopic (exact) mass is 613 g/mol. The largest absolute Gasteiger partial charge is 0.455 e. The molecule has 0 N–H and O–H groups in total. The highest BCUT2D eigenvalue weighted by molar-refractivity contribution is 6.19. The summed E-state index contributed by atoms with van der Waals surface area (Å²) in [5, 5.41) is 4.62. The average molecular weight is 614 g/mol. The van der Waals surface area contributed by atoms with Crippen LogP contribution in [0.25, 0.3) is 66.1 Å². The van der Waals surface area contributed by atoms with Gasteiger partial charge in [-0.05, 0) is 93.4 Å². The Kier molecular flexibility index (Phi) is 6.84. The van der Waals surface area contributed by atoms with E-state index in [0.29, 0.717) is 0 Å². The SMILES string of the molecule is c1ccc(-c2cccc(-c3ccc(N(c4ccccc4)c4ccc(-c5cccc6oc7c8ccccc8ccc7c56)cc4)cc3)c2)cc1. The number of benzene rings is 8. The maximum absolute atomic E-state index is 6.47. The lowest BCUT2D eigenvalue weighted by atomic mass is 9.97. The lowest BCUT2D eigenvalue weighted by molar-refractivity contribution is 0.673. The first-order chi connectivity index (χ1) is 23.8. The molecule has 0 aliphatic heterocycles. The zero-order valence-corrected chi connectivity index (χ0v) is 26.3. The Bertz CT molecular complexity index is 2530. The Hall–Kier alpha value is -6.38. The van der Waals surface area contributed by atoms with Crippen molar-refractivity contribution in [1.29, 1.82) is 0 Å². The third kappa shape index (κ3) is 4.92. The van der Waals surface area contributed by atoms with Gasteiger partial charge in [0.05, 0.1) is 0 Å². The molecular weight excluding hydrogens is 583 g/mol. The van der Waals surface area contributed by atoms with Crippen LogP contribution in [0.5, 0.6) is 0 Å². The number of fused-ring (bicyclic) bond motifs is 5. The van der Waals surface area contributed by atoms with Crippen LogP contribution >= 0.6 is 0 Å². The van der Waals surface area contributed by atoms with E-state index >= 15 is 0 Å². The molecule has 0 radical (unpaired) electrons. The average Bonchev–Trinajstić information content (AvgIpc) is 3.56. The molecule has 2 nitrogen and oxygen atoms in total. The van der Waals surface area contributed by atoms with Gasteiger partial charge in [0.25, 0.3) is 0 Å². The predicted octanol–water partition coefficient (Wildman–Crippen LogP) is 13.2. The Morgan fingerprint density at radius 3 is 1.65 bits per heavy atom. The van der Waals surface area contributed by atoms with Gasteiger partial charge >= 0.3 is 0 Å². The van der Waals surface area contributed by atoms with E-state index in [-0.39, 0.29) is 0 Å². The first-order valence-corrected chi connectivity index (χ1v) is 16.3. The summed E-state index contributed by atoms with van der Waals surface area (Å²) < 4.78 is 6.47. The number of hydrogen-bond acceptors (Lipinski definition) is 2. The minimum absolute atomic E-state index is 0.906. The van der Waals surface area contributed by atoms with Crippen molar-refractivity contribution in [1.82, 2.24) is 0 Å². The lowest BCUT2D eigenvalue weighted by Gasteiger charge is -2.26. The Labute approximate surface area is 279 Å².